The third-order valence-corrected chi connectivity index (χ3v) is 4.32. The fraction of sp³-hybridized carbons (Fsp3) is 0.389. The van der Waals surface area contributed by atoms with Gasteiger partial charge in [0.05, 0.1) is 17.6 Å². The summed E-state index contributed by atoms with van der Waals surface area (Å²) in [6, 6.07) is 5.69. The van der Waals surface area contributed by atoms with Crippen LogP contribution in [0.4, 0.5) is 11.4 Å². The molecular weight excluding hydrogens is 320 g/mol. The summed E-state index contributed by atoms with van der Waals surface area (Å²) in [5, 5.41) is 6.91. The molecule has 0 spiro atoms. The van der Waals surface area contributed by atoms with Gasteiger partial charge in [-0.2, -0.15) is 5.10 Å². The van der Waals surface area contributed by atoms with E-state index in [1.807, 2.05) is 32.9 Å². The molecule has 2 amide bonds. The van der Waals surface area contributed by atoms with Crippen molar-refractivity contribution < 1.29 is 14.3 Å². The summed E-state index contributed by atoms with van der Waals surface area (Å²) in [4.78, 5) is 27.0. The van der Waals surface area contributed by atoms with Crippen molar-refractivity contribution in [2.75, 3.05) is 17.3 Å². The van der Waals surface area contributed by atoms with E-state index in [9.17, 15) is 9.59 Å². The van der Waals surface area contributed by atoms with Gasteiger partial charge in [0.25, 0.3) is 17.4 Å². The zero-order valence-corrected chi connectivity index (χ0v) is 15.0. The normalized spacial score (nSPS) is 19.6. The molecule has 0 saturated carbocycles. The predicted molar refractivity (Wildman–Crippen MR) is 94.9 cm³/mol. The van der Waals surface area contributed by atoms with Gasteiger partial charge in [-0.3, -0.25) is 14.3 Å². The molecule has 25 heavy (non-hydrogen) atoms. The number of rotatable bonds is 3. The van der Waals surface area contributed by atoms with Crippen LogP contribution in [0.15, 0.2) is 30.6 Å². The zero-order chi connectivity index (χ0) is 18.4. The fourth-order valence-corrected chi connectivity index (χ4v) is 2.75. The molecule has 7 heteroatoms. The van der Waals surface area contributed by atoms with Gasteiger partial charge in [0.2, 0.25) is 0 Å². The van der Waals surface area contributed by atoms with E-state index in [2.05, 4.69) is 10.4 Å². The van der Waals surface area contributed by atoms with E-state index in [1.165, 1.54) is 11.8 Å². The lowest BCUT2D eigenvalue weighted by Gasteiger charge is -2.37. The first kappa shape index (κ1) is 17.0. The van der Waals surface area contributed by atoms with Crippen molar-refractivity contribution in [3.8, 4) is 5.75 Å². The topological polar surface area (TPSA) is 76.5 Å². The first-order chi connectivity index (χ1) is 11.7. The van der Waals surface area contributed by atoms with Crippen LogP contribution in [0.3, 0.4) is 0 Å². The highest BCUT2D eigenvalue weighted by Crippen LogP contribution is 2.38. The lowest BCUT2D eigenvalue weighted by Crippen LogP contribution is -2.59. The van der Waals surface area contributed by atoms with Gasteiger partial charge in [-0.1, -0.05) is 6.07 Å². The molecule has 1 atom stereocenters. The average molecular weight is 342 g/mol. The van der Waals surface area contributed by atoms with Crippen LogP contribution < -0.4 is 15.0 Å². The molecule has 2 heterocycles. The number of likely N-dealkylation sites (N-methyl/N-ethyl adjacent to an activating group) is 1. The number of fused-ring (bicyclic) bond motifs is 1. The Morgan fingerprint density at radius 3 is 2.72 bits per heavy atom. The molecule has 1 aliphatic heterocycles. The largest absolute Gasteiger partial charge is 0.465 e. The molecule has 132 valence electrons. The molecule has 1 aliphatic rings. The molecule has 0 aliphatic carbocycles. The van der Waals surface area contributed by atoms with Crippen molar-refractivity contribution in [3.63, 3.8) is 0 Å². The van der Waals surface area contributed by atoms with E-state index >= 15 is 0 Å². The van der Waals surface area contributed by atoms with Crippen LogP contribution in [0.2, 0.25) is 0 Å². The van der Waals surface area contributed by atoms with Crippen LogP contribution in [0.5, 0.6) is 5.75 Å². The molecule has 1 aromatic heterocycles. The maximum Gasteiger partial charge on any atom is 0.280 e. The molecular formula is C18H22N4O3. The molecule has 1 aromatic carbocycles. The van der Waals surface area contributed by atoms with E-state index in [0.717, 1.165) is 5.56 Å². The second-order valence-corrected chi connectivity index (χ2v) is 6.73. The standard InChI is InChI=1S/C18H22N4O3/c1-11(2)22-10-13(9-19-22)20-16(23)18(4)17(24)21(5)14-8-12(3)6-7-15(14)25-18/h6-11H,1-5H3,(H,20,23). The smallest absolute Gasteiger partial charge is 0.280 e. The number of ether oxygens (including phenoxy) is 1. The number of carbonyl (C=O) groups is 2. The Kier molecular flexibility index (Phi) is 4.02. The Balaban J connectivity index is 1.88. The van der Waals surface area contributed by atoms with Crippen molar-refractivity contribution in [1.82, 2.24) is 9.78 Å². The number of aromatic nitrogens is 2. The predicted octanol–water partition coefficient (Wildman–Crippen LogP) is 2.53. The number of anilines is 2. The van der Waals surface area contributed by atoms with Crippen LogP contribution in [-0.4, -0.2) is 34.2 Å². The number of aryl methyl sites for hydroxylation is 1. The lowest BCUT2D eigenvalue weighted by molar-refractivity contribution is -0.144. The van der Waals surface area contributed by atoms with E-state index in [1.54, 1.807) is 30.2 Å². The summed E-state index contributed by atoms with van der Waals surface area (Å²) >= 11 is 0. The Bertz CT molecular complexity index is 843. The van der Waals surface area contributed by atoms with Gasteiger partial charge in [-0.15, -0.1) is 0 Å². The monoisotopic (exact) mass is 342 g/mol. The second kappa shape index (κ2) is 5.91. The minimum Gasteiger partial charge on any atom is -0.465 e. The molecule has 1 N–H and O–H groups in total. The highest BCUT2D eigenvalue weighted by atomic mass is 16.5. The van der Waals surface area contributed by atoms with Crippen LogP contribution in [0, 0.1) is 6.92 Å². The molecule has 0 radical (unpaired) electrons. The zero-order valence-electron chi connectivity index (χ0n) is 15.0. The molecule has 3 rings (SSSR count). The third kappa shape index (κ3) is 2.86. The number of nitrogens with one attached hydrogen (secondary N) is 1. The summed E-state index contributed by atoms with van der Waals surface area (Å²) in [6.45, 7) is 7.39. The van der Waals surface area contributed by atoms with Gasteiger partial charge < -0.3 is 15.0 Å². The van der Waals surface area contributed by atoms with Crippen molar-refractivity contribution in [3.05, 3.63) is 36.2 Å². The summed E-state index contributed by atoms with van der Waals surface area (Å²) in [6.07, 6.45) is 3.27. The maximum absolute atomic E-state index is 12.8. The van der Waals surface area contributed by atoms with Crippen LogP contribution in [0.25, 0.3) is 0 Å². The molecule has 7 nitrogen and oxygen atoms in total. The first-order valence-electron chi connectivity index (χ1n) is 8.16. The summed E-state index contributed by atoms with van der Waals surface area (Å²) in [5.41, 5.74) is 0.546. The van der Waals surface area contributed by atoms with Crippen LogP contribution in [0.1, 0.15) is 32.4 Å². The van der Waals surface area contributed by atoms with E-state index in [4.69, 9.17) is 4.74 Å². The molecule has 1 unspecified atom stereocenters. The Morgan fingerprint density at radius 2 is 2.08 bits per heavy atom. The number of hydrogen-bond donors (Lipinski definition) is 1. The quantitative estimate of drug-likeness (QED) is 0.870. The molecule has 0 fully saturated rings. The van der Waals surface area contributed by atoms with Gasteiger partial charge >= 0.3 is 0 Å². The maximum atomic E-state index is 12.8. The Morgan fingerprint density at radius 1 is 1.36 bits per heavy atom. The molecule has 0 bridgehead atoms. The minimum atomic E-state index is -1.64. The number of amides is 2. The molecule has 2 aromatic rings. The van der Waals surface area contributed by atoms with Crippen molar-refractivity contribution >= 4 is 23.2 Å². The molecule has 0 saturated heterocycles. The summed E-state index contributed by atoms with van der Waals surface area (Å²) in [7, 11) is 1.64. The van der Waals surface area contributed by atoms with Gasteiger partial charge in [0.15, 0.2) is 0 Å². The van der Waals surface area contributed by atoms with Crippen LogP contribution in [-0.2, 0) is 9.59 Å². The van der Waals surface area contributed by atoms with E-state index < -0.39 is 17.4 Å². The van der Waals surface area contributed by atoms with Crippen molar-refractivity contribution in [2.24, 2.45) is 0 Å². The van der Waals surface area contributed by atoms with Crippen LogP contribution >= 0.6 is 0 Å². The Hall–Kier alpha value is -2.83. The summed E-state index contributed by atoms with van der Waals surface area (Å²) in [5.74, 6) is -0.443. The lowest BCUT2D eigenvalue weighted by atomic mass is 10.00. The Labute approximate surface area is 146 Å². The van der Waals surface area contributed by atoms with E-state index in [-0.39, 0.29) is 6.04 Å². The highest BCUT2D eigenvalue weighted by Gasteiger charge is 2.49. The van der Waals surface area contributed by atoms with Crippen molar-refractivity contribution in [2.45, 2.75) is 39.3 Å². The van der Waals surface area contributed by atoms with Gasteiger partial charge in [0, 0.05) is 19.3 Å². The number of nitrogens with zero attached hydrogens (tertiary/aromatic N) is 3. The number of hydrogen-bond acceptors (Lipinski definition) is 4. The van der Waals surface area contributed by atoms with E-state index in [0.29, 0.717) is 17.1 Å². The van der Waals surface area contributed by atoms with Gasteiger partial charge in [0.1, 0.15) is 5.75 Å². The van der Waals surface area contributed by atoms with Crippen molar-refractivity contribution in [1.29, 1.82) is 0 Å². The third-order valence-electron chi connectivity index (χ3n) is 4.32. The number of carbonyl (C=O) groups excluding carboxylic acids is 2. The summed E-state index contributed by atoms with van der Waals surface area (Å²) < 4.78 is 7.54. The minimum absolute atomic E-state index is 0.176. The highest BCUT2D eigenvalue weighted by molar-refractivity contribution is 6.19. The van der Waals surface area contributed by atoms with Gasteiger partial charge in [-0.25, -0.2) is 0 Å². The number of benzene rings is 1. The van der Waals surface area contributed by atoms with Gasteiger partial charge in [-0.05, 0) is 45.4 Å². The average Bonchev–Trinajstić information content (AvgIpc) is 3.02. The first-order valence-corrected chi connectivity index (χ1v) is 8.16. The second-order valence-electron chi connectivity index (χ2n) is 6.73. The fourth-order valence-electron chi connectivity index (χ4n) is 2.75. The SMILES string of the molecule is Cc1ccc2c(c1)N(C)C(=O)C(C)(C(=O)Nc1cnn(C(C)C)c1)O2.